The topological polar surface area (TPSA) is 55.7 Å². The lowest BCUT2D eigenvalue weighted by molar-refractivity contribution is 0.124. The molecule has 0 radical (unpaired) electrons. The van der Waals surface area contributed by atoms with Crippen LogP contribution in [-0.2, 0) is 6.61 Å². The van der Waals surface area contributed by atoms with Gasteiger partial charge in [0.05, 0.1) is 13.2 Å². The molecule has 1 unspecified atom stereocenters. The first-order valence-electron chi connectivity index (χ1n) is 10.7. The number of aliphatic hydroxyl groups excluding tert-OH is 2. The number of rotatable bonds is 9. The van der Waals surface area contributed by atoms with Crippen molar-refractivity contribution in [2.75, 3.05) is 32.8 Å². The van der Waals surface area contributed by atoms with Crippen molar-refractivity contribution in [1.29, 1.82) is 0 Å². The lowest BCUT2D eigenvalue weighted by Crippen LogP contribution is -2.37. The third-order valence-corrected chi connectivity index (χ3v) is 6.39. The molecule has 0 aromatic heterocycles. The van der Waals surface area contributed by atoms with Crippen molar-refractivity contribution in [1.82, 2.24) is 10.2 Å². The van der Waals surface area contributed by atoms with Crippen LogP contribution in [0.15, 0.2) is 30.3 Å². The van der Waals surface area contributed by atoms with E-state index in [1.54, 1.807) is 0 Å². The number of hydrogen-bond acceptors (Lipinski definition) is 4. The molecule has 2 aliphatic rings. The van der Waals surface area contributed by atoms with E-state index in [4.69, 9.17) is 0 Å². The Morgan fingerprint density at radius 3 is 2.59 bits per heavy atom. The van der Waals surface area contributed by atoms with Gasteiger partial charge in [0.15, 0.2) is 0 Å². The lowest BCUT2D eigenvalue weighted by Gasteiger charge is -2.33. The van der Waals surface area contributed by atoms with Gasteiger partial charge in [0.1, 0.15) is 0 Å². The molecule has 1 atom stereocenters. The maximum atomic E-state index is 9.48. The number of aliphatic hydroxyl groups is 2. The fraction of sp³-hybridized carbons (Fsp3) is 0.652. The molecule has 0 spiro atoms. The van der Waals surface area contributed by atoms with E-state index in [1.807, 2.05) is 24.3 Å². The van der Waals surface area contributed by atoms with Crippen LogP contribution in [0.5, 0.6) is 0 Å². The van der Waals surface area contributed by atoms with Gasteiger partial charge in [-0.2, -0.15) is 0 Å². The first-order chi connectivity index (χ1) is 13.3. The summed E-state index contributed by atoms with van der Waals surface area (Å²) in [5, 5.41) is 22.4. The summed E-state index contributed by atoms with van der Waals surface area (Å²) in [5.41, 5.74) is 2.08. The van der Waals surface area contributed by atoms with E-state index in [9.17, 15) is 10.2 Å². The average molecular weight is 373 g/mol. The monoisotopic (exact) mass is 372 g/mol. The number of nitrogens with zero attached hydrogens (tertiary/aromatic N) is 1. The molecule has 0 amide bonds. The predicted molar refractivity (Wildman–Crippen MR) is 111 cm³/mol. The summed E-state index contributed by atoms with van der Waals surface area (Å²) >= 11 is 0. The molecule has 1 heterocycles. The van der Waals surface area contributed by atoms with E-state index in [0.29, 0.717) is 12.6 Å². The first kappa shape index (κ1) is 20.5. The smallest absolute Gasteiger partial charge is 0.0687 e. The van der Waals surface area contributed by atoms with Gasteiger partial charge in [-0.1, -0.05) is 36.4 Å². The summed E-state index contributed by atoms with van der Waals surface area (Å²) in [6, 6.07) is 8.41. The van der Waals surface area contributed by atoms with Crippen LogP contribution in [0.4, 0.5) is 0 Å². The molecule has 1 saturated carbocycles. The van der Waals surface area contributed by atoms with Crippen molar-refractivity contribution in [3.05, 3.63) is 41.5 Å². The molecule has 3 rings (SSSR count). The van der Waals surface area contributed by atoms with Crippen LogP contribution in [0, 0.1) is 11.8 Å². The predicted octanol–water partition coefficient (Wildman–Crippen LogP) is 3.04. The summed E-state index contributed by atoms with van der Waals surface area (Å²) < 4.78 is 0. The maximum Gasteiger partial charge on any atom is 0.0687 e. The van der Waals surface area contributed by atoms with Crippen LogP contribution >= 0.6 is 0 Å². The van der Waals surface area contributed by atoms with Gasteiger partial charge in [0.2, 0.25) is 0 Å². The Morgan fingerprint density at radius 2 is 1.81 bits per heavy atom. The number of hydrogen-bond donors (Lipinski definition) is 3. The lowest BCUT2D eigenvalue weighted by atomic mass is 9.81. The molecule has 4 heteroatoms. The average Bonchev–Trinajstić information content (AvgIpc) is 3.16. The zero-order valence-corrected chi connectivity index (χ0v) is 16.5. The minimum atomic E-state index is 0.0909. The van der Waals surface area contributed by atoms with Gasteiger partial charge >= 0.3 is 0 Å². The van der Waals surface area contributed by atoms with Gasteiger partial charge in [0, 0.05) is 19.1 Å². The second kappa shape index (κ2) is 11.0. The standard InChI is InChI=1S/C23H36N2O2/c26-17-22-6-2-1-5-21(22)7-3-13-24-15-19-9-11-20(12-10-19)16-25-14-4-8-23(25)18-27/h1-3,5-7,19-20,23-24,26-27H,4,8-18H2/b7-3-. The Kier molecular flexibility index (Phi) is 8.34. The molecule has 1 aromatic rings. The van der Waals surface area contributed by atoms with Crippen LogP contribution in [0.3, 0.4) is 0 Å². The first-order valence-corrected chi connectivity index (χ1v) is 10.7. The van der Waals surface area contributed by atoms with Gasteiger partial charge in [-0.05, 0) is 74.6 Å². The zero-order chi connectivity index (χ0) is 18.9. The highest BCUT2D eigenvalue weighted by atomic mass is 16.3. The minimum Gasteiger partial charge on any atom is -0.395 e. The summed E-state index contributed by atoms with van der Waals surface area (Å²) in [4.78, 5) is 2.53. The normalized spacial score (nSPS) is 26.8. The Morgan fingerprint density at radius 1 is 1.04 bits per heavy atom. The van der Waals surface area contributed by atoms with E-state index in [-0.39, 0.29) is 6.61 Å². The van der Waals surface area contributed by atoms with Crippen molar-refractivity contribution >= 4 is 6.08 Å². The van der Waals surface area contributed by atoms with E-state index < -0.39 is 0 Å². The molecule has 3 N–H and O–H groups in total. The second-order valence-electron chi connectivity index (χ2n) is 8.28. The Balaban J connectivity index is 1.31. The zero-order valence-electron chi connectivity index (χ0n) is 16.5. The van der Waals surface area contributed by atoms with E-state index in [1.165, 1.54) is 51.6 Å². The van der Waals surface area contributed by atoms with Gasteiger partial charge in [0.25, 0.3) is 0 Å². The molecular formula is C23H36N2O2. The van der Waals surface area contributed by atoms with Crippen LogP contribution in [-0.4, -0.2) is 53.9 Å². The molecule has 1 aliphatic heterocycles. The Bertz CT molecular complexity index is 581. The second-order valence-corrected chi connectivity index (χ2v) is 8.28. The van der Waals surface area contributed by atoms with Crippen molar-refractivity contribution in [2.24, 2.45) is 11.8 Å². The molecule has 0 bridgehead atoms. The highest BCUT2D eigenvalue weighted by molar-refractivity contribution is 5.53. The Hall–Kier alpha value is -1.20. The van der Waals surface area contributed by atoms with Crippen molar-refractivity contribution in [3.8, 4) is 0 Å². The van der Waals surface area contributed by atoms with Gasteiger partial charge in [-0.25, -0.2) is 0 Å². The molecule has 2 fully saturated rings. The summed E-state index contributed by atoms with van der Waals surface area (Å²) in [6.45, 7) is 4.77. The van der Waals surface area contributed by atoms with E-state index in [0.717, 1.165) is 36.1 Å². The summed E-state index contributed by atoms with van der Waals surface area (Å²) in [6.07, 6.45) is 12.0. The van der Waals surface area contributed by atoms with Crippen LogP contribution in [0.25, 0.3) is 6.08 Å². The van der Waals surface area contributed by atoms with E-state index in [2.05, 4.69) is 22.4 Å². The SMILES string of the molecule is OCc1ccccc1/C=C\CNCC1CCC(CN2CCCC2CO)CC1. The number of nitrogens with one attached hydrogen (secondary N) is 1. The fourth-order valence-corrected chi connectivity index (χ4v) is 4.69. The summed E-state index contributed by atoms with van der Waals surface area (Å²) in [5.74, 6) is 1.62. The molecule has 4 nitrogen and oxygen atoms in total. The molecule has 27 heavy (non-hydrogen) atoms. The third-order valence-electron chi connectivity index (χ3n) is 6.39. The largest absolute Gasteiger partial charge is 0.395 e. The van der Waals surface area contributed by atoms with Gasteiger partial charge in [-0.15, -0.1) is 0 Å². The molecule has 1 aromatic carbocycles. The van der Waals surface area contributed by atoms with Crippen molar-refractivity contribution in [3.63, 3.8) is 0 Å². The fourth-order valence-electron chi connectivity index (χ4n) is 4.69. The summed E-state index contributed by atoms with van der Waals surface area (Å²) in [7, 11) is 0. The molecule has 1 saturated heterocycles. The molecular weight excluding hydrogens is 336 g/mol. The highest BCUT2D eigenvalue weighted by Gasteiger charge is 2.28. The maximum absolute atomic E-state index is 9.48. The van der Waals surface area contributed by atoms with Crippen LogP contribution < -0.4 is 5.32 Å². The van der Waals surface area contributed by atoms with Gasteiger partial charge < -0.3 is 15.5 Å². The van der Waals surface area contributed by atoms with Crippen LogP contribution in [0.1, 0.15) is 49.7 Å². The number of benzene rings is 1. The number of likely N-dealkylation sites (tertiary alicyclic amines) is 1. The molecule has 1 aliphatic carbocycles. The third kappa shape index (κ3) is 6.15. The van der Waals surface area contributed by atoms with Crippen molar-refractivity contribution in [2.45, 2.75) is 51.2 Å². The van der Waals surface area contributed by atoms with Crippen LogP contribution in [0.2, 0.25) is 0 Å². The minimum absolute atomic E-state index is 0.0909. The Labute approximate surface area is 164 Å². The van der Waals surface area contributed by atoms with Gasteiger partial charge in [-0.3, -0.25) is 4.90 Å². The highest BCUT2D eigenvalue weighted by Crippen LogP contribution is 2.30. The van der Waals surface area contributed by atoms with E-state index >= 15 is 0 Å². The molecule has 150 valence electrons. The van der Waals surface area contributed by atoms with Crippen molar-refractivity contribution < 1.29 is 10.2 Å². The quantitative estimate of drug-likeness (QED) is 0.583.